The standard InChI is InChI=1S/C20H18N2O3/c23-20(22-16-6-7-18-19(12-16)25-10-9-24-18)8-5-14-11-15-3-1-2-4-17(15)21-13-14/h1-4,6-7,11-13H,5,8-10H2,(H,22,23). The van der Waals surface area contributed by atoms with Crippen LogP contribution in [0.5, 0.6) is 11.5 Å². The lowest BCUT2D eigenvalue weighted by Crippen LogP contribution is -2.16. The van der Waals surface area contributed by atoms with Gasteiger partial charge in [0.05, 0.1) is 5.52 Å². The SMILES string of the molecule is O=C(CCc1cnc2ccccc2c1)Nc1ccc2c(c1)OCCO2. The van der Waals surface area contributed by atoms with Crippen molar-refractivity contribution in [1.29, 1.82) is 0 Å². The number of hydrogen-bond donors (Lipinski definition) is 1. The molecule has 0 saturated carbocycles. The topological polar surface area (TPSA) is 60.5 Å². The summed E-state index contributed by atoms with van der Waals surface area (Å²) in [4.78, 5) is 16.6. The summed E-state index contributed by atoms with van der Waals surface area (Å²) in [6.07, 6.45) is 2.88. The van der Waals surface area contributed by atoms with Gasteiger partial charge in [0, 0.05) is 29.8 Å². The normalized spacial score (nSPS) is 12.8. The number of aryl methyl sites for hydroxylation is 1. The maximum atomic E-state index is 12.2. The van der Waals surface area contributed by atoms with Crippen molar-refractivity contribution in [1.82, 2.24) is 4.98 Å². The number of nitrogens with one attached hydrogen (secondary N) is 1. The van der Waals surface area contributed by atoms with Crippen LogP contribution in [-0.2, 0) is 11.2 Å². The molecular formula is C20H18N2O3. The number of ether oxygens (including phenoxy) is 2. The van der Waals surface area contributed by atoms with Crippen LogP contribution in [0.4, 0.5) is 5.69 Å². The Morgan fingerprint density at radius 3 is 2.80 bits per heavy atom. The Kier molecular flexibility index (Phi) is 4.21. The molecule has 2 aromatic carbocycles. The average molecular weight is 334 g/mol. The Hall–Kier alpha value is -3.08. The molecule has 0 bridgehead atoms. The smallest absolute Gasteiger partial charge is 0.224 e. The van der Waals surface area contributed by atoms with E-state index in [9.17, 15) is 4.79 Å². The Balaban J connectivity index is 1.38. The molecule has 0 unspecified atom stereocenters. The highest BCUT2D eigenvalue weighted by atomic mass is 16.6. The summed E-state index contributed by atoms with van der Waals surface area (Å²) in [6, 6.07) is 15.5. The van der Waals surface area contributed by atoms with Crippen LogP contribution < -0.4 is 14.8 Å². The summed E-state index contributed by atoms with van der Waals surface area (Å²) in [5, 5.41) is 3.99. The van der Waals surface area contributed by atoms with Crippen molar-refractivity contribution in [2.75, 3.05) is 18.5 Å². The van der Waals surface area contributed by atoms with Crippen molar-refractivity contribution in [2.45, 2.75) is 12.8 Å². The first-order valence-corrected chi connectivity index (χ1v) is 8.31. The first kappa shape index (κ1) is 15.4. The third kappa shape index (κ3) is 3.55. The Labute approximate surface area is 145 Å². The molecule has 1 aliphatic rings. The van der Waals surface area contributed by atoms with Gasteiger partial charge in [-0.05, 0) is 36.2 Å². The largest absolute Gasteiger partial charge is 0.486 e. The quantitative estimate of drug-likeness (QED) is 0.792. The monoisotopic (exact) mass is 334 g/mol. The van der Waals surface area contributed by atoms with E-state index >= 15 is 0 Å². The average Bonchev–Trinajstić information content (AvgIpc) is 2.66. The third-order valence-corrected chi connectivity index (χ3v) is 4.11. The van der Waals surface area contributed by atoms with Crippen LogP contribution >= 0.6 is 0 Å². The van der Waals surface area contributed by atoms with Gasteiger partial charge in [0.1, 0.15) is 13.2 Å². The predicted molar refractivity (Wildman–Crippen MR) is 96.1 cm³/mol. The number of carbonyl (C=O) groups is 1. The number of amides is 1. The van der Waals surface area contributed by atoms with E-state index in [4.69, 9.17) is 9.47 Å². The lowest BCUT2D eigenvalue weighted by atomic mass is 10.1. The molecule has 0 atom stereocenters. The van der Waals surface area contributed by atoms with Gasteiger partial charge >= 0.3 is 0 Å². The second-order valence-electron chi connectivity index (χ2n) is 5.94. The van der Waals surface area contributed by atoms with Crippen LogP contribution in [0, 0.1) is 0 Å². The number of nitrogens with zero attached hydrogens (tertiary/aromatic N) is 1. The summed E-state index contributed by atoms with van der Waals surface area (Å²) in [5.41, 5.74) is 2.73. The predicted octanol–water partition coefficient (Wildman–Crippen LogP) is 3.58. The molecule has 5 nitrogen and oxygen atoms in total. The van der Waals surface area contributed by atoms with Gasteiger partial charge in [0.25, 0.3) is 0 Å². The fourth-order valence-electron chi connectivity index (χ4n) is 2.86. The van der Waals surface area contributed by atoms with Crippen molar-refractivity contribution in [3.05, 3.63) is 60.3 Å². The molecule has 2 heterocycles. The van der Waals surface area contributed by atoms with Gasteiger partial charge in [-0.3, -0.25) is 9.78 Å². The molecule has 1 aliphatic heterocycles. The van der Waals surface area contributed by atoms with Crippen LogP contribution in [0.15, 0.2) is 54.7 Å². The van der Waals surface area contributed by atoms with E-state index in [2.05, 4.69) is 16.4 Å². The number of aromatic nitrogens is 1. The lowest BCUT2D eigenvalue weighted by molar-refractivity contribution is -0.116. The fraction of sp³-hybridized carbons (Fsp3) is 0.200. The van der Waals surface area contributed by atoms with Gasteiger partial charge < -0.3 is 14.8 Å². The highest BCUT2D eigenvalue weighted by molar-refractivity contribution is 5.91. The number of hydrogen-bond acceptors (Lipinski definition) is 4. The summed E-state index contributed by atoms with van der Waals surface area (Å²) in [5.74, 6) is 1.35. The van der Waals surface area contributed by atoms with E-state index in [1.165, 1.54) is 0 Å². The minimum Gasteiger partial charge on any atom is -0.486 e. The molecule has 126 valence electrons. The van der Waals surface area contributed by atoms with E-state index in [0.29, 0.717) is 43.2 Å². The number of anilines is 1. The molecule has 1 amide bonds. The van der Waals surface area contributed by atoms with Crippen LogP contribution in [-0.4, -0.2) is 24.1 Å². The molecule has 5 heteroatoms. The van der Waals surface area contributed by atoms with Crippen molar-refractivity contribution in [3.63, 3.8) is 0 Å². The molecule has 25 heavy (non-hydrogen) atoms. The lowest BCUT2D eigenvalue weighted by Gasteiger charge is -2.19. The Morgan fingerprint density at radius 2 is 1.88 bits per heavy atom. The molecular weight excluding hydrogens is 316 g/mol. The number of benzene rings is 2. The van der Waals surface area contributed by atoms with Crippen LogP contribution in [0.25, 0.3) is 10.9 Å². The Morgan fingerprint density at radius 1 is 1.04 bits per heavy atom. The van der Waals surface area contributed by atoms with Crippen LogP contribution in [0.1, 0.15) is 12.0 Å². The molecule has 0 aliphatic carbocycles. The zero-order valence-corrected chi connectivity index (χ0v) is 13.7. The fourth-order valence-corrected chi connectivity index (χ4v) is 2.86. The molecule has 4 rings (SSSR count). The summed E-state index contributed by atoms with van der Waals surface area (Å²) in [6.45, 7) is 1.08. The number of fused-ring (bicyclic) bond motifs is 2. The molecule has 0 saturated heterocycles. The van der Waals surface area contributed by atoms with Gasteiger partial charge in [-0.15, -0.1) is 0 Å². The number of rotatable bonds is 4. The highest BCUT2D eigenvalue weighted by Gasteiger charge is 2.12. The van der Waals surface area contributed by atoms with Crippen molar-refractivity contribution < 1.29 is 14.3 Å². The Bertz CT molecular complexity index is 924. The summed E-state index contributed by atoms with van der Waals surface area (Å²) >= 11 is 0. The van der Waals surface area contributed by atoms with Gasteiger partial charge in [-0.25, -0.2) is 0 Å². The number of carbonyl (C=O) groups excluding carboxylic acids is 1. The second kappa shape index (κ2) is 6.81. The van der Waals surface area contributed by atoms with Crippen LogP contribution in [0.2, 0.25) is 0 Å². The zero-order valence-electron chi connectivity index (χ0n) is 13.7. The van der Waals surface area contributed by atoms with E-state index in [0.717, 1.165) is 16.5 Å². The van der Waals surface area contributed by atoms with Crippen LogP contribution in [0.3, 0.4) is 0 Å². The third-order valence-electron chi connectivity index (χ3n) is 4.11. The minimum absolute atomic E-state index is 0.0372. The first-order valence-electron chi connectivity index (χ1n) is 8.31. The maximum Gasteiger partial charge on any atom is 0.224 e. The van der Waals surface area contributed by atoms with Crippen molar-refractivity contribution in [2.24, 2.45) is 0 Å². The number of para-hydroxylation sites is 1. The van der Waals surface area contributed by atoms with E-state index in [1.807, 2.05) is 42.6 Å². The van der Waals surface area contributed by atoms with Gasteiger partial charge in [0.15, 0.2) is 11.5 Å². The maximum absolute atomic E-state index is 12.2. The highest BCUT2D eigenvalue weighted by Crippen LogP contribution is 2.32. The van der Waals surface area contributed by atoms with Crippen molar-refractivity contribution >= 4 is 22.5 Å². The number of pyridine rings is 1. The van der Waals surface area contributed by atoms with Crippen molar-refractivity contribution in [3.8, 4) is 11.5 Å². The van der Waals surface area contributed by atoms with E-state index in [-0.39, 0.29) is 5.91 Å². The molecule has 0 fully saturated rings. The van der Waals surface area contributed by atoms with Gasteiger partial charge in [-0.2, -0.15) is 0 Å². The van der Waals surface area contributed by atoms with Gasteiger partial charge in [0.2, 0.25) is 5.91 Å². The molecule has 0 spiro atoms. The second-order valence-corrected chi connectivity index (χ2v) is 5.94. The van der Waals surface area contributed by atoms with E-state index < -0.39 is 0 Å². The van der Waals surface area contributed by atoms with E-state index in [1.54, 1.807) is 6.07 Å². The molecule has 1 N–H and O–H groups in total. The summed E-state index contributed by atoms with van der Waals surface area (Å²) in [7, 11) is 0. The molecule has 1 aromatic heterocycles. The summed E-state index contributed by atoms with van der Waals surface area (Å²) < 4.78 is 11.0. The molecule has 3 aromatic rings. The van der Waals surface area contributed by atoms with Gasteiger partial charge in [-0.1, -0.05) is 18.2 Å². The first-order chi connectivity index (χ1) is 12.3. The minimum atomic E-state index is -0.0372. The zero-order chi connectivity index (χ0) is 17.1. The molecule has 0 radical (unpaired) electrons.